The van der Waals surface area contributed by atoms with Gasteiger partial charge in [-0.1, -0.05) is 51.5 Å². The molecule has 9 heteroatoms. The average Bonchev–Trinajstić information content (AvgIpc) is 3.21. The first-order chi connectivity index (χ1) is 16.2. The van der Waals surface area contributed by atoms with Gasteiger partial charge in [0.05, 0.1) is 11.8 Å². The van der Waals surface area contributed by atoms with Crippen molar-refractivity contribution in [2.24, 2.45) is 0 Å². The van der Waals surface area contributed by atoms with Crippen LogP contribution in [0.4, 0.5) is 5.69 Å². The predicted octanol–water partition coefficient (Wildman–Crippen LogP) is 5.37. The SMILES string of the molecule is C=CCn1c(SCC(=O)Nc2ccc(Br)c(C)c2C)nnc1[C@@H](C)NC(=O)c1ccc(C)cc1. The van der Waals surface area contributed by atoms with E-state index < -0.39 is 0 Å². The van der Waals surface area contributed by atoms with Crippen molar-refractivity contribution >= 4 is 45.2 Å². The molecule has 0 radical (unpaired) electrons. The van der Waals surface area contributed by atoms with Crippen LogP contribution in [0.5, 0.6) is 0 Å². The molecule has 2 N–H and O–H groups in total. The van der Waals surface area contributed by atoms with E-state index in [2.05, 4.69) is 43.3 Å². The van der Waals surface area contributed by atoms with Gasteiger partial charge in [0.2, 0.25) is 5.91 Å². The van der Waals surface area contributed by atoms with Crippen molar-refractivity contribution in [1.82, 2.24) is 20.1 Å². The molecule has 0 spiro atoms. The lowest BCUT2D eigenvalue weighted by atomic mass is 10.1. The van der Waals surface area contributed by atoms with Gasteiger partial charge < -0.3 is 15.2 Å². The molecule has 0 saturated heterocycles. The quantitative estimate of drug-likeness (QED) is 0.280. The number of benzene rings is 2. The molecule has 0 fully saturated rings. The fourth-order valence-corrected chi connectivity index (χ4v) is 4.50. The molecule has 0 aliphatic heterocycles. The minimum absolute atomic E-state index is 0.134. The summed E-state index contributed by atoms with van der Waals surface area (Å²) in [4.78, 5) is 25.2. The Hall–Kier alpha value is -2.91. The number of nitrogens with one attached hydrogen (secondary N) is 2. The third-order valence-corrected chi connectivity index (χ3v) is 7.26. The Morgan fingerprint density at radius 2 is 1.82 bits per heavy atom. The summed E-state index contributed by atoms with van der Waals surface area (Å²) in [6, 6.07) is 10.8. The molecule has 2 amide bonds. The highest BCUT2D eigenvalue weighted by Gasteiger charge is 2.20. The standard InChI is InChI=1S/C25H28BrN5O2S/c1-6-13-31-23(18(5)27-24(33)19-9-7-15(2)8-10-19)29-30-25(31)34-14-22(32)28-21-12-11-20(26)16(3)17(21)4/h6-12,18H,1,13-14H2,2-5H3,(H,27,33)(H,28,32)/t18-/m1/s1. The Bertz CT molecular complexity index is 1210. The number of halogens is 1. The van der Waals surface area contributed by atoms with E-state index in [4.69, 9.17) is 0 Å². The zero-order valence-corrected chi connectivity index (χ0v) is 22.1. The van der Waals surface area contributed by atoms with Crippen molar-refractivity contribution in [3.05, 3.63) is 81.6 Å². The number of rotatable bonds is 9. The molecule has 1 atom stereocenters. The predicted molar refractivity (Wildman–Crippen MR) is 140 cm³/mol. The van der Waals surface area contributed by atoms with Crippen molar-refractivity contribution in [2.75, 3.05) is 11.1 Å². The Balaban J connectivity index is 1.67. The van der Waals surface area contributed by atoms with Crippen LogP contribution in [0.1, 0.15) is 45.8 Å². The summed E-state index contributed by atoms with van der Waals surface area (Å²) in [7, 11) is 0. The summed E-state index contributed by atoms with van der Waals surface area (Å²) in [6.45, 7) is 12.1. The minimum Gasteiger partial charge on any atom is -0.342 e. The normalized spacial score (nSPS) is 11.7. The molecule has 0 bridgehead atoms. The number of carbonyl (C=O) groups excluding carboxylic acids is 2. The lowest BCUT2D eigenvalue weighted by Crippen LogP contribution is -2.28. The van der Waals surface area contributed by atoms with E-state index >= 15 is 0 Å². The van der Waals surface area contributed by atoms with E-state index in [1.807, 2.05) is 56.5 Å². The number of allylic oxidation sites excluding steroid dienone is 1. The first-order valence-electron chi connectivity index (χ1n) is 10.8. The molecular weight excluding hydrogens is 514 g/mol. The number of hydrogen-bond acceptors (Lipinski definition) is 5. The smallest absolute Gasteiger partial charge is 0.251 e. The second-order valence-corrected chi connectivity index (χ2v) is 9.78. The zero-order valence-electron chi connectivity index (χ0n) is 19.7. The van der Waals surface area contributed by atoms with E-state index in [1.54, 1.807) is 18.2 Å². The van der Waals surface area contributed by atoms with Gasteiger partial charge in [0.1, 0.15) is 0 Å². The minimum atomic E-state index is -0.377. The molecule has 3 rings (SSSR count). The van der Waals surface area contributed by atoms with E-state index in [-0.39, 0.29) is 23.6 Å². The summed E-state index contributed by atoms with van der Waals surface area (Å²) in [5.74, 6) is 0.454. The molecule has 0 unspecified atom stereocenters. The number of anilines is 1. The maximum Gasteiger partial charge on any atom is 0.251 e. The van der Waals surface area contributed by atoms with Gasteiger partial charge in [-0.15, -0.1) is 16.8 Å². The number of carbonyl (C=O) groups is 2. The number of aryl methyl sites for hydroxylation is 1. The largest absolute Gasteiger partial charge is 0.342 e. The molecule has 1 heterocycles. The van der Waals surface area contributed by atoms with Crippen LogP contribution in [0, 0.1) is 20.8 Å². The second-order valence-electron chi connectivity index (χ2n) is 7.98. The van der Waals surface area contributed by atoms with Crippen molar-refractivity contribution < 1.29 is 9.59 Å². The van der Waals surface area contributed by atoms with Gasteiger partial charge >= 0.3 is 0 Å². The van der Waals surface area contributed by atoms with Gasteiger partial charge in [-0.2, -0.15) is 0 Å². The van der Waals surface area contributed by atoms with Gasteiger partial charge in [-0.3, -0.25) is 9.59 Å². The van der Waals surface area contributed by atoms with Crippen LogP contribution < -0.4 is 10.6 Å². The average molecular weight is 543 g/mol. The van der Waals surface area contributed by atoms with Crippen molar-refractivity contribution in [3.8, 4) is 0 Å². The summed E-state index contributed by atoms with van der Waals surface area (Å²) in [5.41, 5.74) is 4.56. The summed E-state index contributed by atoms with van der Waals surface area (Å²) in [5, 5.41) is 15.1. The summed E-state index contributed by atoms with van der Waals surface area (Å²) < 4.78 is 2.87. The topological polar surface area (TPSA) is 88.9 Å². The van der Waals surface area contributed by atoms with Gasteiger partial charge in [-0.25, -0.2) is 0 Å². The Morgan fingerprint density at radius 1 is 1.12 bits per heavy atom. The Labute approximate surface area is 212 Å². The molecule has 1 aromatic heterocycles. The number of aromatic nitrogens is 3. The van der Waals surface area contributed by atoms with Crippen LogP contribution in [0.3, 0.4) is 0 Å². The molecule has 34 heavy (non-hydrogen) atoms. The maximum atomic E-state index is 12.6. The van der Waals surface area contributed by atoms with Crippen LogP contribution in [0.15, 0.2) is 58.7 Å². The third kappa shape index (κ3) is 6.15. The fourth-order valence-electron chi connectivity index (χ4n) is 3.32. The van der Waals surface area contributed by atoms with Crippen LogP contribution >= 0.6 is 27.7 Å². The summed E-state index contributed by atoms with van der Waals surface area (Å²) >= 11 is 4.80. The van der Waals surface area contributed by atoms with Crippen LogP contribution in [0.25, 0.3) is 0 Å². The molecule has 0 aliphatic rings. The van der Waals surface area contributed by atoms with E-state index in [0.29, 0.717) is 23.1 Å². The van der Waals surface area contributed by atoms with Gasteiger partial charge in [0, 0.05) is 22.3 Å². The van der Waals surface area contributed by atoms with Gasteiger partial charge in [-0.05, 0) is 63.1 Å². The lowest BCUT2D eigenvalue weighted by Gasteiger charge is -2.15. The molecule has 7 nitrogen and oxygen atoms in total. The number of nitrogens with zero attached hydrogens (tertiary/aromatic N) is 3. The lowest BCUT2D eigenvalue weighted by molar-refractivity contribution is -0.113. The molecular formula is C25H28BrN5O2S. The highest BCUT2D eigenvalue weighted by Crippen LogP contribution is 2.26. The molecule has 3 aromatic rings. The highest BCUT2D eigenvalue weighted by atomic mass is 79.9. The van der Waals surface area contributed by atoms with Gasteiger partial charge in [0.25, 0.3) is 5.91 Å². The summed E-state index contributed by atoms with van der Waals surface area (Å²) in [6.07, 6.45) is 1.74. The number of amides is 2. The number of thioether (sulfide) groups is 1. The fraction of sp³-hybridized carbons (Fsp3) is 0.280. The molecule has 2 aromatic carbocycles. The Morgan fingerprint density at radius 3 is 2.50 bits per heavy atom. The molecule has 0 saturated carbocycles. The van der Waals surface area contributed by atoms with Crippen molar-refractivity contribution in [3.63, 3.8) is 0 Å². The zero-order chi connectivity index (χ0) is 24.8. The van der Waals surface area contributed by atoms with Crippen LogP contribution in [-0.2, 0) is 11.3 Å². The monoisotopic (exact) mass is 541 g/mol. The molecule has 0 aliphatic carbocycles. The van der Waals surface area contributed by atoms with Crippen LogP contribution in [0.2, 0.25) is 0 Å². The van der Waals surface area contributed by atoms with Crippen molar-refractivity contribution in [2.45, 2.75) is 45.4 Å². The maximum absolute atomic E-state index is 12.6. The van der Waals surface area contributed by atoms with Gasteiger partial charge in [0.15, 0.2) is 11.0 Å². The van der Waals surface area contributed by atoms with Crippen LogP contribution in [-0.4, -0.2) is 32.3 Å². The first-order valence-corrected chi connectivity index (χ1v) is 12.6. The Kier molecular flexibility index (Phi) is 8.68. The third-order valence-electron chi connectivity index (χ3n) is 5.43. The second kappa shape index (κ2) is 11.5. The van der Waals surface area contributed by atoms with Crippen molar-refractivity contribution in [1.29, 1.82) is 0 Å². The van der Waals surface area contributed by atoms with E-state index in [0.717, 1.165) is 26.9 Å². The first kappa shape index (κ1) is 25.7. The van der Waals surface area contributed by atoms with E-state index in [1.165, 1.54) is 11.8 Å². The van der Waals surface area contributed by atoms with E-state index in [9.17, 15) is 9.59 Å². The number of hydrogen-bond donors (Lipinski definition) is 2. The highest BCUT2D eigenvalue weighted by molar-refractivity contribution is 9.10. The molecule has 178 valence electrons.